The van der Waals surface area contributed by atoms with Crippen LogP contribution >= 0.6 is 0 Å². The highest BCUT2D eigenvalue weighted by Crippen LogP contribution is 2.14. The minimum Gasteiger partial charge on any atom is -0.348 e. The minimum atomic E-state index is -1.18. The standard InChI is InChI=1S/C16H16FNO2S/c1-2-21(20)15-6-4-3-5-14(15)16(19)18-11-12-7-9-13(17)10-8-12/h3-10H,2,11H2,1H3,(H,18,19). The van der Waals surface area contributed by atoms with Gasteiger partial charge in [0.05, 0.1) is 21.3 Å². The van der Waals surface area contributed by atoms with Crippen molar-refractivity contribution in [1.29, 1.82) is 0 Å². The highest BCUT2D eigenvalue weighted by Gasteiger charge is 2.14. The maximum absolute atomic E-state index is 12.8. The van der Waals surface area contributed by atoms with Crippen molar-refractivity contribution in [2.75, 3.05) is 5.75 Å². The molecule has 3 nitrogen and oxygen atoms in total. The quantitative estimate of drug-likeness (QED) is 0.923. The lowest BCUT2D eigenvalue weighted by atomic mass is 10.2. The molecule has 1 unspecified atom stereocenters. The number of hydrogen-bond acceptors (Lipinski definition) is 2. The number of carbonyl (C=O) groups is 1. The second-order valence-corrected chi connectivity index (χ2v) is 6.15. The molecule has 0 heterocycles. The van der Waals surface area contributed by atoms with Crippen LogP contribution in [0, 0.1) is 5.82 Å². The molecule has 0 spiro atoms. The first kappa shape index (κ1) is 15.4. The smallest absolute Gasteiger partial charge is 0.252 e. The lowest BCUT2D eigenvalue weighted by Crippen LogP contribution is -2.24. The summed E-state index contributed by atoms with van der Waals surface area (Å²) in [6.45, 7) is 2.11. The summed E-state index contributed by atoms with van der Waals surface area (Å²) in [5, 5.41) is 2.76. The van der Waals surface area contributed by atoms with Crippen LogP contribution in [0.2, 0.25) is 0 Å². The Hall–Kier alpha value is -2.01. The van der Waals surface area contributed by atoms with Crippen molar-refractivity contribution in [3.05, 3.63) is 65.5 Å². The van der Waals surface area contributed by atoms with E-state index in [-0.39, 0.29) is 11.7 Å². The first-order valence-corrected chi connectivity index (χ1v) is 7.93. The SMILES string of the molecule is CCS(=O)c1ccccc1C(=O)NCc1ccc(F)cc1. The third-order valence-electron chi connectivity index (χ3n) is 3.01. The van der Waals surface area contributed by atoms with Crippen LogP contribution in [-0.4, -0.2) is 15.9 Å². The topological polar surface area (TPSA) is 46.2 Å². The van der Waals surface area contributed by atoms with Gasteiger partial charge in [-0.2, -0.15) is 0 Å². The molecule has 1 atom stereocenters. The average molecular weight is 305 g/mol. The van der Waals surface area contributed by atoms with E-state index in [1.807, 2.05) is 6.92 Å². The summed E-state index contributed by atoms with van der Waals surface area (Å²) in [4.78, 5) is 12.7. The van der Waals surface area contributed by atoms with Crippen LogP contribution < -0.4 is 5.32 Å². The van der Waals surface area contributed by atoms with E-state index in [4.69, 9.17) is 0 Å². The van der Waals surface area contributed by atoms with Gasteiger partial charge in [-0.05, 0) is 29.8 Å². The summed E-state index contributed by atoms with van der Waals surface area (Å²) in [6, 6.07) is 12.8. The van der Waals surface area contributed by atoms with E-state index in [0.717, 1.165) is 5.56 Å². The van der Waals surface area contributed by atoms with Gasteiger partial charge in [0.1, 0.15) is 5.82 Å². The molecule has 2 rings (SSSR count). The Balaban J connectivity index is 2.10. The molecule has 2 aromatic carbocycles. The maximum atomic E-state index is 12.8. The second-order valence-electron chi connectivity index (χ2n) is 4.44. The number of halogens is 1. The Morgan fingerprint density at radius 3 is 2.48 bits per heavy atom. The first-order valence-electron chi connectivity index (χ1n) is 6.62. The summed E-state index contributed by atoms with van der Waals surface area (Å²) in [7, 11) is -1.18. The van der Waals surface area contributed by atoms with Crippen molar-refractivity contribution < 1.29 is 13.4 Å². The van der Waals surface area contributed by atoms with E-state index in [0.29, 0.717) is 22.8 Å². The number of hydrogen-bond donors (Lipinski definition) is 1. The number of nitrogens with one attached hydrogen (secondary N) is 1. The summed E-state index contributed by atoms with van der Waals surface area (Å²) >= 11 is 0. The van der Waals surface area contributed by atoms with Crippen molar-refractivity contribution >= 4 is 16.7 Å². The molecule has 0 fully saturated rings. The lowest BCUT2D eigenvalue weighted by molar-refractivity contribution is 0.0948. The van der Waals surface area contributed by atoms with Gasteiger partial charge in [-0.25, -0.2) is 4.39 Å². The van der Waals surface area contributed by atoms with Crippen molar-refractivity contribution in [2.24, 2.45) is 0 Å². The van der Waals surface area contributed by atoms with E-state index in [1.165, 1.54) is 12.1 Å². The molecule has 0 saturated heterocycles. The number of carbonyl (C=O) groups excluding carboxylic acids is 1. The molecule has 0 bridgehead atoms. The van der Waals surface area contributed by atoms with Gasteiger partial charge in [0, 0.05) is 12.3 Å². The van der Waals surface area contributed by atoms with Gasteiger partial charge in [0.15, 0.2) is 0 Å². The molecule has 21 heavy (non-hydrogen) atoms. The molecular weight excluding hydrogens is 289 g/mol. The fourth-order valence-corrected chi connectivity index (χ4v) is 2.84. The number of rotatable bonds is 5. The van der Waals surface area contributed by atoms with Crippen LogP contribution in [0.5, 0.6) is 0 Å². The van der Waals surface area contributed by atoms with E-state index >= 15 is 0 Å². The van der Waals surface area contributed by atoms with Crippen LogP contribution in [0.1, 0.15) is 22.8 Å². The van der Waals surface area contributed by atoms with Gasteiger partial charge in [0.25, 0.3) is 5.91 Å². The highest BCUT2D eigenvalue weighted by molar-refractivity contribution is 7.85. The molecule has 1 amide bonds. The highest BCUT2D eigenvalue weighted by atomic mass is 32.2. The minimum absolute atomic E-state index is 0.281. The van der Waals surface area contributed by atoms with Crippen LogP contribution in [-0.2, 0) is 17.3 Å². The fourth-order valence-electron chi connectivity index (χ4n) is 1.89. The maximum Gasteiger partial charge on any atom is 0.252 e. The average Bonchev–Trinajstić information content (AvgIpc) is 2.53. The molecule has 1 N–H and O–H groups in total. The zero-order chi connectivity index (χ0) is 15.2. The Bertz CT molecular complexity index is 656. The van der Waals surface area contributed by atoms with Gasteiger partial charge < -0.3 is 5.32 Å². The van der Waals surface area contributed by atoms with Crippen molar-refractivity contribution in [1.82, 2.24) is 5.32 Å². The van der Waals surface area contributed by atoms with Gasteiger partial charge in [0.2, 0.25) is 0 Å². The Morgan fingerprint density at radius 1 is 1.14 bits per heavy atom. The zero-order valence-corrected chi connectivity index (χ0v) is 12.5. The Kier molecular flexibility index (Phi) is 5.22. The van der Waals surface area contributed by atoms with Crippen LogP contribution in [0.4, 0.5) is 4.39 Å². The van der Waals surface area contributed by atoms with Crippen LogP contribution in [0.25, 0.3) is 0 Å². The Morgan fingerprint density at radius 2 is 1.81 bits per heavy atom. The summed E-state index contributed by atoms with van der Waals surface area (Å²) in [5.41, 5.74) is 1.22. The molecule has 5 heteroatoms. The van der Waals surface area contributed by atoms with Gasteiger partial charge >= 0.3 is 0 Å². The molecule has 110 valence electrons. The van der Waals surface area contributed by atoms with Crippen LogP contribution in [0.3, 0.4) is 0 Å². The second kappa shape index (κ2) is 7.13. The molecule has 0 aliphatic rings. The number of benzene rings is 2. The van der Waals surface area contributed by atoms with Gasteiger partial charge in [-0.1, -0.05) is 31.2 Å². The number of amides is 1. The first-order chi connectivity index (χ1) is 10.1. The third kappa shape index (κ3) is 3.98. The van der Waals surface area contributed by atoms with Crippen molar-refractivity contribution in [3.63, 3.8) is 0 Å². The van der Waals surface area contributed by atoms with E-state index < -0.39 is 10.8 Å². The molecule has 0 aliphatic heterocycles. The summed E-state index contributed by atoms with van der Waals surface area (Å²) < 4.78 is 24.7. The molecule has 0 radical (unpaired) electrons. The van der Waals surface area contributed by atoms with E-state index in [1.54, 1.807) is 36.4 Å². The van der Waals surface area contributed by atoms with E-state index in [2.05, 4.69) is 5.32 Å². The van der Waals surface area contributed by atoms with Crippen molar-refractivity contribution in [3.8, 4) is 0 Å². The third-order valence-corrected chi connectivity index (χ3v) is 4.38. The van der Waals surface area contributed by atoms with Gasteiger partial charge in [-0.3, -0.25) is 9.00 Å². The fraction of sp³-hybridized carbons (Fsp3) is 0.188. The Labute approximate surface area is 125 Å². The molecule has 0 aliphatic carbocycles. The molecule has 0 saturated carbocycles. The predicted molar refractivity (Wildman–Crippen MR) is 81.0 cm³/mol. The molecule has 2 aromatic rings. The van der Waals surface area contributed by atoms with Gasteiger partial charge in [-0.15, -0.1) is 0 Å². The zero-order valence-electron chi connectivity index (χ0n) is 11.6. The summed E-state index contributed by atoms with van der Waals surface area (Å²) in [5.74, 6) is -0.132. The lowest BCUT2D eigenvalue weighted by Gasteiger charge is -2.09. The summed E-state index contributed by atoms with van der Waals surface area (Å²) in [6.07, 6.45) is 0. The normalized spacial score (nSPS) is 11.9. The van der Waals surface area contributed by atoms with E-state index in [9.17, 15) is 13.4 Å². The molecule has 0 aromatic heterocycles. The molecular formula is C16H16FNO2S. The van der Waals surface area contributed by atoms with Crippen molar-refractivity contribution in [2.45, 2.75) is 18.4 Å². The van der Waals surface area contributed by atoms with Crippen LogP contribution in [0.15, 0.2) is 53.4 Å². The predicted octanol–water partition coefficient (Wildman–Crippen LogP) is 2.88. The monoisotopic (exact) mass is 305 g/mol. The largest absolute Gasteiger partial charge is 0.348 e.